The van der Waals surface area contributed by atoms with Crippen molar-refractivity contribution in [2.75, 3.05) is 0 Å². The number of nitrogens with zero attached hydrogens (tertiary/aromatic N) is 1. The van der Waals surface area contributed by atoms with Crippen molar-refractivity contribution in [3.63, 3.8) is 0 Å². The van der Waals surface area contributed by atoms with Crippen LogP contribution in [0.25, 0.3) is 0 Å². The smallest absolute Gasteiger partial charge is 0.353 e. The predicted molar refractivity (Wildman–Crippen MR) is 30.6 cm³/mol. The molecule has 5 nitrogen and oxygen atoms in total. The number of H-pyrrole nitrogens is 1. The molecule has 1 rings (SSSR count). The van der Waals surface area contributed by atoms with E-state index in [1.54, 1.807) is 0 Å². The SMILES string of the molecule is N.O=C(O)c1ccn[nH]1. The van der Waals surface area contributed by atoms with E-state index in [0.717, 1.165) is 0 Å². The van der Waals surface area contributed by atoms with E-state index in [1.165, 1.54) is 12.3 Å². The lowest BCUT2D eigenvalue weighted by Crippen LogP contribution is -1.95. The maximum absolute atomic E-state index is 9.99. The number of aromatic carboxylic acids is 1. The van der Waals surface area contributed by atoms with Gasteiger partial charge in [0.05, 0.1) is 0 Å². The highest BCUT2D eigenvalue weighted by atomic mass is 16.4. The molecule has 0 amide bonds. The van der Waals surface area contributed by atoms with Crippen LogP contribution >= 0.6 is 0 Å². The second-order valence-corrected chi connectivity index (χ2v) is 1.28. The van der Waals surface area contributed by atoms with Crippen LogP contribution in [-0.4, -0.2) is 21.3 Å². The zero-order chi connectivity index (χ0) is 5.98. The maximum Gasteiger partial charge on any atom is 0.353 e. The lowest BCUT2D eigenvalue weighted by Gasteiger charge is -1.79. The Morgan fingerprint density at radius 3 is 2.67 bits per heavy atom. The number of carboxylic acids is 1. The van der Waals surface area contributed by atoms with Gasteiger partial charge in [0.25, 0.3) is 0 Å². The Balaban J connectivity index is 0.000000640. The summed E-state index contributed by atoms with van der Waals surface area (Å²) in [6.45, 7) is 0. The molecule has 0 saturated carbocycles. The Kier molecular flexibility index (Phi) is 2.40. The summed E-state index contributed by atoms with van der Waals surface area (Å²) in [7, 11) is 0. The number of aromatic nitrogens is 2. The van der Waals surface area contributed by atoms with Crippen molar-refractivity contribution >= 4 is 5.97 Å². The van der Waals surface area contributed by atoms with Crippen LogP contribution in [0.4, 0.5) is 0 Å². The van der Waals surface area contributed by atoms with Gasteiger partial charge in [-0.1, -0.05) is 0 Å². The summed E-state index contributed by atoms with van der Waals surface area (Å²) in [6.07, 6.45) is 1.39. The van der Waals surface area contributed by atoms with Crippen molar-refractivity contribution < 1.29 is 9.90 Å². The van der Waals surface area contributed by atoms with Gasteiger partial charge in [-0.25, -0.2) is 4.79 Å². The third-order valence-electron chi connectivity index (χ3n) is 0.731. The van der Waals surface area contributed by atoms with Gasteiger partial charge >= 0.3 is 5.97 Å². The van der Waals surface area contributed by atoms with Crippen molar-refractivity contribution in [1.29, 1.82) is 0 Å². The monoisotopic (exact) mass is 129 g/mol. The van der Waals surface area contributed by atoms with Crippen LogP contribution in [0.3, 0.4) is 0 Å². The first-order valence-electron chi connectivity index (χ1n) is 2.03. The Hall–Kier alpha value is -1.36. The summed E-state index contributed by atoms with van der Waals surface area (Å²) in [5.41, 5.74) is 0.116. The zero-order valence-electron chi connectivity index (χ0n) is 4.66. The zero-order valence-corrected chi connectivity index (χ0v) is 4.66. The average Bonchev–Trinajstić information content (AvgIpc) is 2.12. The molecule has 1 heterocycles. The van der Waals surface area contributed by atoms with E-state index < -0.39 is 5.97 Å². The van der Waals surface area contributed by atoms with Gasteiger partial charge in [0, 0.05) is 6.20 Å². The normalized spacial score (nSPS) is 8.00. The van der Waals surface area contributed by atoms with Gasteiger partial charge in [0.1, 0.15) is 5.69 Å². The standard InChI is InChI=1S/C4H4N2O2.H3N/c7-4(8)3-1-2-5-6-3;/h1-2H,(H,5,6)(H,7,8);1H3. The number of rotatable bonds is 1. The molecule has 5 heteroatoms. The fraction of sp³-hybridized carbons (Fsp3) is 0. The largest absolute Gasteiger partial charge is 0.477 e. The minimum absolute atomic E-state index is 0. The Morgan fingerprint density at radius 2 is 2.44 bits per heavy atom. The van der Waals surface area contributed by atoms with Crippen molar-refractivity contribution in [1.82, 2.24) is 16.3 Å². The molecule has 1 aromatic heterocycles. The molecular formula is C4H7N3O2. The van der Waals surface area contributed by atoms with Gasteiger partial charge in [-0.3, -0.25) is 5.10 Å². The van der Waals surface area contributed by atoms with E-state index in [9.17, 15) is 4.79 Å². The molecule has 0 unspecified atom stereocenters. The molecular weight excluding hydrogens is 122 g/mol. The number of hydrogen-bond acceptors (Lipinski definition) is 3. The molecule has 0 aromatic carbocycles. The van der Waals surface area contributed by atoms with Gasteiger partial charge in [-0.15, -0.1) is 0 Å². The van der Waals surface area contributed by atoms with Crippen molar-refractivity contribution in [3.05, 3.63) is 18.0 Å². The topological polar surface area (TPSA) is 101 Å². The number of hydrogen-bond donors (Lipinski definition) is 3. The molecule has 9 heavy (non-hydrogen) atoms. The first-order chi connectivity index (χ1) is 3.80. The number of carboxylic acid groups (broad SMARTS) is 1. The predicted octanol–water partition coefficient (Wildman–Crippen LogP) is 0.270. The molecule has 50 valence electrons. The Labute approximate surface area is 51.3 Å². The van der Waals surface area contributed by atoms with E-state index in [0.29, 0.717) is 0 Å². The first-order valence-corrected chi connectivity index (χ1v) is 2.03. The van der Waals surface area contributed by atoms with Crippen molar-refractivity contribution in [2.45, 2.75) is 0 Å². The third kappa shape index (κ3) is 1.54. The third-order valence-corrected chi connectivity index (χ3v) is 0.731. The molecule has 0 spiro atoms. The molecule has 0 aliphatic heterocycles. The van der Waals surface area contributed by atoms with E-state index in [4.69, 9.17) is 5.11 Å². The molecule has 0 atom stereocenters. The maximum atomic E-state index is 9.99. The Bertz CT molecular complexity index is 182. The van der Waals surface area contributed by atoms with Crippen LogP contribution in [0.15, 0.2) is 12.3 Å². The van der Waals surface area contributed by atoms with Crippen LogP contribution in [0, 0.1) is 0 Å². The second kappa shape index (κ2) is 2.83. The lowest BCUT2D eigenvalue weighted by molar-refractivity contribution is 0.0690. The van der Waals surface area contributed by atoms with E-state index in [2.05, 4.69) is 10.2 Å². The number of aromatic amines is 1. The highest BCUT2D eigenvalue weighted by molar-refractivity contribution is 5.84. The molecule has 0 saturated heterocycles. The van der Waals surface area contributed by atoms with Crippen LogP contribution in [-0.2, 0) is 0 Å². The van der Waals surface area contributed by atoms with Gasteiger partial charge in [-0.2, -0.15) is 5.10 Å². The van der Waals surface area contributed by atoms with Crippen LogP contribution < -0.4 is 6.15 Å². The molecule has 0 aliphatic carbocycles. The fourth-order valence-corrected chi connectivity index (χ4v) is 0.375. The van der Waals surface area contributed by atoms with Gasteiger partial charge in [0.2, 0.25) is 0 Å². The summed E-state index contributed by atoms with van der Waals surface area (Å²) in [5, 5.41) is 13.9. The van der Waals surface area contributed by atoms with Crippen LogP contribution in [0.1, 0.15) is 10.5 Å². The van der Waals surface area contributed by atoms with Crippen LogP contribution in [0.5, 0.6) is 0 Å². The minimum Gasteiger partial charge on any atom is -0.477 e. The summed E-state index contributed by atoms with van der Waals surface area (Å²) in [5.74, 6) is -0.984. The fourth-order valence-electron chi connectivity index (χ4n) is 0.375. The molecule has 5 N–H and O–H groups in total. The van der Waals surface area contributed by atoms with Crippen molar-refractivity contribution in [3.8, 4) is 0 Å². The Morgan fingerprint density at radius 1 is 1.78 bits per heavy atom. The molecule has 0 aliphatic rings. The summed E-state index contributed by atoms with van der Waals surface area (Å²) in [6, 6.07) is 1.39. The lowest BCUT2D eigenvalue weighted by atomic mass is 10.5. The van der Waals surface area contributed by atoms with E-state index in [1.807, 2.05) is 0 Å². The van der Waals surface area contributed by atoms with Gasteiger partial charge in [-0.05, 0) is 6.07 Å². The number of nitrogens with one attached hydrogen (secondary N) is 1. The summed E-state index contributed by atoms with van der Waals surface area (Å²) < 4.78 is 0. The summed E-state index contributed by atoms with van der Waals surface area (Å²) in [4.78, 5) is 9.99. The van der Waals surface area contributed by atoms with Crippen LogP contribution in [0.2, 0.25) is 0 Å². The quantitative estimate of drug-likeness (QED) is 0.506. The van der Waals surface area contributed by atoms with Gasteiger partial charge in [0.15, 0.2) is 0 Å². The molecule has 1 aromatic rings. The van der Waals surface area contributed by atoms with E-state index >= 15 is 0 Å². The van der Waals surface area contributed by atoms with E-state index in [-0.39, 0.29) is 11.8 Å². The second-order valence-electron chi connectivity index (χ2n) is 1.28. The molecule has 0 bridgehead atoms. The number of carbonyl (C=O) groups is 1. The highest BCUT2D eigenvalue weighted by Crippen LogP contribution is 1.87. The van der Waals surface area contributed by atoms with Gasteiger partial charge < -0.3 is 11.3 Å². The average molecular weight is 129 g/mol. The summed E-state index contributed by atoms with van der Waals surface area (Å²) >= 11 is 0. The molecule has 0 fully saturated rings. The molecule has 0 radical (unpaired) electrons. The van der Waals surface area contributed by atoms with Crippen molar-refractivity contribution in [2.24, 2.45) is 0 Å². The highest BCUT2D eigenvalue weighted by Gasteiger charge is 1.99. The first kappa shape index (κ1) is 7.64. The minimum atomic E-state index is -0.984.